The van der Waals surface area contributed by atoms with E-state index in [2.05, 4.69) is 4.98 Å². The summed E-state index contributed by atoms with van der Waals surface area (Å²) >= 11 is 0. The number of ether oxygens (including phenoxy) is 1. The zero-order valence-electron chi connectivity index (χ0n) is 12.2. The van der Waals surface area contributed by atoms with Crippen LogP contribution in [0.4, 0.5) is 0 Å². The van der Waals surface area contributed by atoms with Crippen LogP contribution in [0, 0.1) is 27.7 Å². The maximum absolute atomic E-state index is 11.3. The normalized spacial score (nSPS) is 10.7. The van der Waals surface area contributed by atoms with Gasteiger partial charge in [-0.2, -0.15) is 0 Å². The summed E-state index contributed by atoms with van der Waals surface area (Å²) in [6.07, 6.45) is 0. The average molecular weight is 275 g/mol. The van der Waals surface area contributed by atoms with Gasteiger partial charge in [-0.3, -0.25) is 0 Å². The van der Waals surface area contributed by atoms with Gasteiger partial charge in [0.15, 0.2) is 5.89 Å². The van der Waals surface area contributed by atoms with Gasteiger partial charge >= 0.3 is 5.97 Å². The molecular weight excluding hydrogens is 258 g/mol. The van der Waals surface area contributed by atoms with E-state index < -0.39 is 5.97 Å². The third-order valence-corrected chi connectivity index (χ3v) is 3.41. The molecule has 2 rings (SSSR count). The first-order chi connectivity index (χ1) is 9.36. The summed E-state index contributed by atoms with van der Waals surface area (Å²) in [6.45, 7) is 7.41. The van der Waals surface area contributed by atoms with Gasteiger partial charge in [0.25, 0.3) is 0 Å². The molecule has 0 saturated carbocycles. The van der Waals surface area contributed by atoms with Gasteiger partial charge in [0, 0.05) is 12.5 Å². The molecule has 1 aromatic heterocycles. The van der Waals surface area contributed by atoms with E-state index in [1.807, 2.05) is 26.8 Å². The Labute approximate surface area is 117 Å². The first kappa shape index (κ1) is 14.1. The van der Waals surface area contributed by atoms with Crippen molar-refractivity contribution in [2.75, 3.05) is 7.11 Å². The van der Waals surface area contributed by atoms with Crippen LogP contribution in [0.2, 0.25) is 0 Å². The second kappa shape index (κ2) is 5.00. The maximum Gasteiger partial charge on any atom is 0.374 e. The molecule has 0 fully saturated rings. The van der Waals surface area contributed by atoms with Crippen LogP contribution >= 0.6 is 0 Å². The quantitative estimate of drug-likeness (QED) is 0.930. The van der Waals surface area contributed by atoms with Gasteiger partial charge in [-0.25, -0.2) is 9.78 Å². The molecule has 5 heteroatoms. The average Bonchev–Trinajstić information content (AvgIpc) is 2.76. The third kappa shape index (κ3) is 2.15. The molecule has 20 heavy (non-hydrogen) atoms. The Morgan fingerprint density at radius 2 is 1.90 bits per heavy atom. The fourth-order valence-electron chi connectivity index (χ4n) is 2.37. The lowest BCUT2D eigenvalue weighted by atomic mass is 9.96. The number of rotatable bonds is 3. The van der Waals surface area contributed by atoms with Crippen LogP contribution in [0.5, 0.6) is 5.75 Å². The second-order valence-corrected chi connectivity index (χ2v) is 4.74. The molecule has 1 aromatic carbocycles. The smallest absolute Gasteiger partial charge is 0.374 e. The number of benzene rings is 1. The molecule has 0 aliphatic carbocycles. The van der Waals surface area contributed by atoms with Gasteiger partial charge in [0.1, 0.15) is 11.4 Å². The molecular formula is C15H17NO4. The first-order valence-electron chi connectivity index (χ1n) is 6.22. The van der Waals surface area contributed by atoms with Gasteiger partial charge in [0.05, 0.1) is 7.11 Å². The van der Waals surface area contributed by atoms with Gasteiger partial charge < -0.3 is 14.3 Å². The van der Waals surface area contributed by atoms with Gasteiger partial charge in [-0.15, -0.1) is 0 Å². The van der Waals surface area contributed by atoms with Crippen molar-refractivity contribution in [1.29, 1.82) is 0 Å². The van der Waals surface area contributed by atoms with Crippen molar-refractivity contribution in [3.8, 4) is 17.0 Å². The molecule has 0 bridgehead atoms. The van der Waals surface area contributed by atoms with Crippen LogP contribution in [0.3, 0.4) is 0 Å². The number of methoxy groups -OCH3 is 1. The molecule has 1 N–H and O–H groups in total. The van der Waals surface area contributed by atoms with Crippen molar-refractivity contribution in [1.82, 2.24) is 4.98 Å². The molecule has 0 unspecified atom stereocenters. The highest BCUT2D eigenvalue weighted by Crippen LogP contribution is 2.35. The minimum absolute atomic E-state index is 0.130. The summed E-state index contributed by atoms with van der Waals surface area (Å²) in [4.78, 5) is 15.5. The van der Waals surface area contributed by atoms with Crippen LogP contribution < -0.4 is 4.74 Å². The number of hydrogen-bond acceptors (Lipinski definition) is 4. The van der Waals surface area contributed by atoms with Gasteiger partial charge in [0.2, 0.25) is 5.76 Å². The van der Waals surface area contributed by atoms with Crippen molar-refractivity contribution in [3.63, 3.8) is 0 Å². The lowest BCUT2D eigenvalue weighted by molar-refractivity contribution is 0.0662. The molecule has 0 aliphatic heterocycles. The molecule has 2 aromatic rings. The minimum Gasteiger partial charge on any atom is -0.496 e. The van der Waals surface area contributed by atoms with Gasteiger partial charge in [-0.1, -0.05) is 0 Å². The summed E-state index contributed by atoms with van der Waals surface area (Å²) < 4.78 is 10.6. The van der Waals surface area contributed by atoms with E-state index in [-0.39, 0.29) is 5.76 Å². The van der Waals surface area contributed by atoms with Crippen LogP contribution in [-0.4, -0.2) is 23.2 Å². The monoisotopic (exact) mass is 275 g/mol. The van der Waals surface area contributed by atoms with Crippen molar-refractivity contribution in [2.45, 2.75) is 27.7 Å². The molecule has 0 amide bonds. The van der Waals surface area contributed by atoms with Crippen molar-refractivity contribution in [3.05, 3.63) is 34.4 Å². The van der Waals surface area contributed by atoms with Crippen molar-refractivity contribution >= 4 is 5.97 Å². The second-order valence-electron chi connectivity index (χ2n) is 4.74. The van der Waals surface area contributed by atoms with E-state index in [1.165, 1.54) is 0 Å². The third-order valence-electron chi connectivity index (χ3n) is 3.41. The topological polar surface area (TPSA) is 72.6 Å². The number of aromatic nitrogens is 1. The zero-order valence-corrected chi connectivity index (χ0v) is 12.2. The fourth-order valence-corrected chi connectivity index (χ4v) is 2.37. The van der Waals surface area contributed by atoms with Crippen LogP contribution in [0.1, 0.15) is 33.1 Å². The van der Waals surface area contributed by atoms with Crippen LogP contribution in [0.15, 0.2) is 10.5 Å². The van der Waals surface area contributed by atoms with Crippen molar-refractivity contribution < 1.29 is 19.1 Å². The first-order valence-corrected chi connectivity index (χ1v) is 6.22. The maximum atomic E-state index is 11.3. The van der Waals surface area contributed by atoms with E-state index >= 15 is 0 Å². The number of aryl methyl sites for hydroxylation is 2. The molecule has 106 valence electrons. The number of nitrogens with zero attached hydrogens (tertiary/aromatic N) is 1. The van der Waals surface area contributed by atoms with E-state index in [1.54, 1.807) is 14.0 Å². The highest BCUT2D eigenvalue weighted by Gasteiger charge is 2.22. The number of aromatic carboxylic acids is 1. The Balaban J connectivity index is 2.74. The molecule has 0 atom stereocenters. The van der Waals surface area contributed by atoms with E-state index in [9.17, 15) is 9.90 Å². The number of carboxylic acid groups (broad SMARTS) is 1. The largest absolute Gasteiger partial charge is 0.496 e. The van der Waals surface area contributed by atoms with E-state index in [0.29, 0.717) is 11.6 Å². The van der Waals surface area contributed by atoms with E-state index in [4.69, 9.17) is 9.15 Å². The summed E-state index contributed by atoms with van der Waals surface area (Å²) in [7, 11) is 1.62. The molecule has 0 radical (unpaired) electrons. The molecule has 0 aliphatic rings. The standard InChI is InChI=1S/C15H17NO4/c1-7-6-11(8(2)9(3)13(7)19-5)12-14(15(17)18)20-10(4)16-12/h6H,1-5H3,(H,17,18). The Morgan fingerprint density at radius 1 is 1.25 bits per heavy atom. The summed E-state index contributed by atoms with van der Waals surface area (Å²) in [5.74, 6) is -0.105. The molecule has 0 saturated heterocycles. The Kier molecular flexibility index (Phi) is 3.53. The zero-order chi connectivity index (χ0) is 15.0. The van der Waals surface area contributed by atoms with Crippen LogP contribution in [0.25, 0.3) is 11.3 Å². The lowest BCUT2D eigenvalue weighted by Crippen LogP contribution is -2.01. The summed E-state index contributed by atoms with van der Waals surface area (Å²) in [5, 5.41) is 9.21. The van der Waals surface area contributed by atoms with E-state index in [0.717, 1.165) is 28.0 Å². The number of carbonyl (C=O) groups is 1. The number of oxazole rings is 1. The Bertz CT molecular complexity index is 686. The summed E-state index contributed by atoms with van der Waals surface area (Å²) in [6, 6.07) is 1.88. The van der Waals surface area contributed by atoms with Crippen LogP contribution in [-0.2, 0) is 0 Å². The highest BCUT2D eigenvalue weighted by molar-refractivity contribution is 5.92. The lowest BCUT2D eigenvalue weighted by Gasteiger charge is -2.14. The SMILES string of the molecule is COc1c(C)cc(-c2nc(C)oc2C(=O)O)c(C)c1C. The molecule has 1 heterocycles. The predicted molar refractivity (Wildman–Crippen MR) is 74.4 cm³/mol. The Morgan fingerprint density at radius 3 is 2.45 bits per heavy atom. The fraction of sp³-hybridized carbons (Fsp3) is 0.333. The highest BCUT2D eigenvalue weighted by atomic mass is 16.5. The molecule has 0 spiro atoms. The van der Waals surface area contributed by atoms with Gasteiger partial charge in [-0.05, 0) is 43.5 Å². The Hall–Kier alpha value is -2.30. The number of hydrogen-bond donors (Lipinski definition) is 1. The number of carboxylic acids is 1. The molecule has 5 nitrogen and oxygen atoms in total. The predicted octanol–water partition coefficient (Wildman–Crippen LogP) is 3.28. The van der Waals surface area contributed by atoms with Crippen molar-refractivity contribution in [2.24, 2.45) is 0 Å². The minimum atomic E-state index is -1.12. The summed E-state index contributed by atoms with van der Waals surface area (Å²) in [5.41, 5.74) is 3.96.